The Morgan fingerprint density at radius 3 is 2.83 bits per heavy atom. The first kappa shape index (κ1) is 7.73. The van der Waals surface area contributed by atoms with E-state index in [9.17, 15) is 0 Å². The summed E-state index contributed by atoms with van der Waals surface area (Å²) in [6, 6.07) is 0. The molecule has 0 bridgehead atoms. The topological polar surface area (TPSA) is 56.7 Å². The molecule has 1 aliphatic carbocycles. The van der Waals surface area contributed by atoms with Crippen molar-refractivity contribution in [3.63, 3.8) is 0 Å². The second kappa shape index (κ2) is 2.86. The highest BCUT2D eigenvalue weighted by atomic mass is 15.3. The van der Waals surface area contributed by atoms with E-state index in [1.165, 1.54) is 12.8 Å². The molecule has 4 heteroatoms. The maximum Gasteiger partial charge on any atom is 0.137 e. The molecule has 66 valence electrons. The molecule has 1 heterocycles. The van der Waals surface area contributed by atoms with Crippen molar-refractivity contribution < 1.29 is 0 Å². The number of hydrogen-bond donors (Lipinski definition) is 1. The first-order valence-corrected chi connectivity index (χ1v) is 4.37. The van der Waals surface area contributed by atoms with Gasteiger partial charge in [0.05, 0.1) is 0 Å². The largest absolute Gasteiger partial charge is 0.330 e. The first-order chi connectivity index (χ1) is 5.85. The Labute approximate surface area is 71.8 Å². The lowest BCUT2D eigenvalue weighted by atomic mass is 10.0. The number of nitrogens with zero attached hydrogens (tertiary/aromatic N) is 3. The highest BCUT2D eigenvalue weighted by Crippen LogP contribution is 2.49. The molecular formula is C8H14N4. The molecule has 0 atom stereocenters. The third-order valence-corrected chi connectivity index (χ3v) is 2.60. The van der Waals surface area contributed by atoms with Crippen LogP contribution in [0, 0.1) is 5.41 Å². The van der Waals surface area contributed by atoms with E-state index in [0.717, 1.165) is 19.5 Å². The van der Waals surface area contributed by atoms with Crippen LogP contribution in [0.5, 0.6) is 0 Å². The van der Waals surface area contributed by atoms with Crippen LogP contribution in [0.1, 0.15) is 19.3 Å². The molecule has 0 unspecified atom stereocenters. The van der Waals surface area contributed by atoms with Gasteiger partial charge in [-0.15, -0.1) is 0 Å². The van der Waals surface area contributed by atoms with E-state index in [1.807, 2.05) is 4.68 Å². The van der Waals surface area contributed by atoms with Crippen molar-refractivity contribution in [1.29, 1.82) is 0 Å². The molecule has 2 rings (SSSR count). The van der Waals surface area contributed by atoms with Crippen molar-refractivity contribution in [3.05, 3.63) is 12.7 Å². The van der Waals surface area contributed by atoms with Crippen molar-refractivity contribution in [2.24, 2.45) is 11.1 Å². The van der Waals surface area contributed by atoms with Gasteiger partial charge < -0.3 is 5.73 Å². The van der Waals surface area contributed by atoms with Crippen molar-refractivity contribution in [3.8, 4) is 0 Å². The third kappa shape index (κ3) is 1.48. The van der Waals surface area contributed by atoms with E-state index < -0.39 is 0 Å². The number of aromatic nitrogens is 3. The van der Waals surface area contributed by atoms with Gasteiger partial charge in [-0.2, -0.15) is 5.10 Å². The molecule has 0 amide bonds. The van der Waals surface area contributed by atoms with Crippen molar-refractivity contribution in [2.75, 3.05) is 6.54 Å². The molecule has 12 heavy (non-hydrogen) atoms. The zero-order valence-corrected chi connectivity index (χ0v) is 7.11. The van der Waals surface area contributed by atoms with Crippen molar-refractivity contribution in [1.82, 2.24) is 14.8 Å². The Hall–Kier alpha value is -0.900. The van der Waals surface area contributed by atoms with Gasteiger partial charge in [-0.25, -0.2) is 4.98 Å². The minimum Gasteiger partial charge on any atom is -0.330 e. The number of rotatable bonds is 4. The Morgan fingerprint density at radius 2 is 2.33 bits per heavy atom. The van der Waals surface area contributed by atoms with Crippen LogP contribution in [0.3, 0.4) is 0 Å². The Bertz CT molecular complexity index is 238. The Morgan fingerprint density at radius 1 is 1.50 bits per heavy atom. The third-order valence-electron chi connectivity index (χ3n) is 2.60. The van der Waals surface area contributed by atoms with Gasteiger partial charge in [0.2, 0.25) is 0 Å². The lowest BCUT2D eigenvalue weighted by molar-refractivity contribution is 0.375. The summed E-state index contributed by atoms with van der Waals surface area (Å²) in [5.41, 5.74) is 6.00. The highest BCUT2D eigenvalue weighted by Gasteiger charge is 2.42. The molecule has 1 aliphatic rings. The molecule has 0 saturated heterocycles. The molecule has 0 radical (unpaired) electrons. The average molecular weight is 166 g/mol. The highest BCUT2D eigenvalue weighted by molar-refractivity contribution is 4.92. The molecule has 1 fully saturated rings. The quantitative estimate of drug-likeness (QED) is 0.704. The van der Waals surface area contributed by atoms with Crippen molar-refractivity contribution in [2.45, 2.75) is 25.8 Å². The van der Waals surface area contributed by atoms with Crippen LogP contribution in [-0.2, 0) is 6.54 Å². The summed E-state index contributed by atoms with van der Waals surface area (Å²) in [6.07, 6.45) is 7.07. The molecule has 1 aromatic rings. The predicted molar refractivity (Wildman–Crippen MR) is 45.4 cm³/mol. The lowest BCUT2D eigenvalue weighted by Gasteiger charge is -2.12. The average Bonchev–Trinajstić information content (AvgIpc) is 2.63. The fourth-order valence-corrected chi connectivity index (χ4v) is 1.63. The summed E-state index contributed by atoms with van der Waals surface area (Å²) in [4.78, 5) is 3.91. The maximum absolute atomic E-state index is 5.54. The van der Waals surface area contributed by atoms with Gasteiger partial charge in [0.15, 0.2) is 0 Å². The molecule has 0 aromatic carbocycles. The summed E-state index contributed by atoms with van der Waals surface area (Å²) in [5, 5.41) is 4.09. The number of hydrogen-bond acceptors (Lipinski definition) is 3. The van der Waals surface area contributed by atoms with Crippen LogP contribution in [0.4, 0.5) is 0 Å². The van der Waals surface area contributed by atoms with E-state index in [2.05, 4.69) is 10.1 Å². The van der Waals surface area contributed by atoms with Crippen LogP contribution < -0.4 is 5.73 Å². The maximum atomic E-state index is 5.54. The second-order valence-corrected chi connectivity index (χ2v) is 3.63. The summed E-state index contributed by atoms with van der Waals surface area (Å²) >= 11 is 0. The van der Waals surface area contributed by atoms with Gasteiger partial charge in [0, 0.05) is 6.54 Å². The van der Waals surface area contributed by atoms with E-state index in [-0.39, 0.29) is 0 Å². The van der Waals surface area contributed by atoms with Gasteiger partial charge in [-0.3, -0.25) is 4.68 Å². The fraction of sp³-hybridized carbons (Fsp3) is 0.750. The smallest absolute Gasteiger partial charge is 0.137 e. The molecule has 0 aliphatic heterocycles. The molecular weight excluding hydrogens is 152 g/mol. The predicted octanol–water partition coefficient (Wildman–Crippen LogP) is 0.407. The minimum absolute atomic E-state index is 0.461. The zero-order chi connectivity index (χ0) is 8.44. The van der Waals surface area contributed by atoms with Crippen LogP contribution in [0.15, 0.2) is 12.7 Å². The van der Waals surface area contributed by atoms with Crippen LogP contribution in [-0.4, -0.2) is 21.3 Å². The lowest BCUT2D eigenvalue weighted by Crippen LogP contribution is -2.16. The van der Waals surface area contributed by atoms with E-state index in [1.54, 1.807) is 12.7 Å². The van der Waals surface area contributed by atoms with Gasteiger partial charge in [0.1, 0.15) is 12.7 Å². The Kier molecular flexibility index (Phi) is 1.84. The van der Waals surface area contributed by atoms with Crippen molar-refractivity contribution >= 4 is 0 Å². The van der Waals surface area contributed by atoms with Crippen LogP contribution in [0.2, 0.25) is 0 Å². The summed E-state index contributed by atoms with van der Waals surface area (Å²) in [5.74, 6) is 0. The zero-order valence-electron chi connectivity index (χ0n) is 7.11. The first-order valence-electron chi connectivity index (χ1n) is 4.37. The van der Waals surface area contributed by atoms with Gasteiger partial charge in [-0.05, 0) is 31.2 Å². The second-order valence-electron chi connectivity index (χ2n) is 3.63. The van der Waals surface area contributed by atoms with Crippen LogP contribution in [0.25, 0.3) is 0 Å². The standard InChI is InChI=1S/C8H14N4/c9-4-3-8(1-2-8)5-12-7-10-6-11-12/h6-7H,1-5,9H2. The van der Waals surface area contributed by atoms with Gasteiger partial charge in [0.25, 0.3) is 0 Å². The molecule has 0 spiro atoms. The monoisotopic (exact) mass is 166 g/mol. The van der Waals surface area contributed by atoms with Gasteiger partial charge in [-0.1, -0.05) is 0 Å². The fourth-order valence-electron chi connectivity index (χ4n) is 1.63. The molecule has 4 nitrogen and oxygen atoms in total. The summed E-state index contributed by atoms with van der Waals surface area (Å²) < 4.78 is 1.91. The molecule has 1 aromatic heterocycles. The van der Waals surface area contributed by atoms with E-state index in [0.29, 0.717) is 5.41 Å². The summed E-state index contributed by atoms with van der Waals surface area (Å²) in [6.45, 7) is 1.78. The Balaban J connectivity index is 1.94. The van der Waals surface area contributed by atoms with Crippen LogP contribution >= 0.6 is 0 Å². The molecule has 2 N–H and O–H groups in total. The summed E-state index contributed by atoms with van der Waals surface area (Å²) in [7, 11) is 0. The van der Waals surface area contributed by atoms with E-state index >= 15 is 0 Å². The minimum atomic E-state index is 0.461. The molecule has 1 saturated carbocycles. The normalized spacial score (nSPS) is 19.4. The SMILES string of the molecule is NCCC1(Cn2cncn2)CC1. The number of nitrogens with two attached hydrogens (primary N) is 1. The van der Waals surface area contributed by atoms with E-state index in [4.69, 9.17) is 5.73 Å². The van der Waals surface area contributed by atoms with Gasteiger partial charge >= 0.3 is 0 Å².